The minimum Gasteiger partial charge on any atom is -0.486 e. The van der Waals surface area contributed by atoms with Crippen molar-refractivity contribution in [1.29, 1.82) is 0 Å². The number of benzene rings is 2. The molecule has 0 aliphatic carbocycles. The Morgan fingerprint density at radius 2 is 1.77 bits per heavy atom. The zero-order valence-electron chi connectivity index (χ0n) is 26.2. The number of halogens is 2. The Kier molecular flexibility index (Phi) is 9.84. The number of nitrogens with zero attached hydrogens (tertiary/aromatic N) is 3. The van der Waals surface area contributed by atoms with E-state index < -0.39 is 12.2 Å². The van der Waals surface area contributed by atoms with Crippen LogP contribution in [0.4, 0.5) is 19.3 Å². The fourth-order valence-corrected chi connectivity index (χ4v) is 5.98. The van der Waals surface area contributed by atoms with Gasteiger partial charge in [-0.1, -0.05) is 6.07 Å². The zero-order chi connectivity index (χ0) is 31.4. The Bertz CT molecular complexity index is 1340. The van der Waals surface area contributed by atoms with Gasteiger partial charge in [0, 0.05) is 57.5 Å². The first-order valence-electron chi connectivity index (χ1n) is 15.2. The highest BCUT2D eigenvalue weighted by Crippen LogP contribution is 2.37. The lowest BCUT2D eigenvalue weighted by atomic mass is 9.99. The van der Waals surface area contributed by atoms with Gasteiger partial charge in [0.1, 0.15) is 30.8 Å². The van der Waals surface area contributed by atoms with Crippen LogP contribution >= 0.6 is 0 Å². The second-order valence-corrected chi connectivity index (χ2v) is 12.4. The van der Waals surface area contributed by atoms with E-state index in [0.717, 1.165) is 54.9 Å². The number of allylic oxidation sites excluding steroid dienone is 1. The number of carbonyl (C=O) groups excluding carboxylic acids is 1. The van der Waals surface area contributed by atoms with Crippen LogP contribution in [0.25, 0.3) is 5.57 Å². The molecule has 2 aromatic rings. The largest absolute Gasteiger partial charge is 0.486 e. The highest BCUT2D eigenvalue weighted by molar-refractivity contribution is 5.80. The maximum atomic E-state index is 13.4. The lowest BCUT2D eigenvalue weighted by molar-refractivity contribution is -0.0498. The molecule has 3 heterocycles. The lowest BCUT2D eigenvalue weighted by Crippen LogP contribution is -2.50. The third-order valence-corrected chi connectivity index (χ3v) is 8.11. The number of carbonyl (C=O) groups is 1. The van der Waals surface area contributed by atoms with Crippen LogP contribution in [-0.2, 0) is 16.0 Å². The molecular formula is C33H43F2N3O6. The molecule has 0 N–H and O–H groups in total. The van der Waals surface area contributed by atoms with Gasteiger partial charge >= 0.3 is 12.7 Å². The summed E-state index contributed by atoms with van der Waals surface area (Å²) in [5.74, 6) is 1.53. The van der Waals surface area contributed by atoms with Crippen molar-refractivity contribution in [1.82, 2.24) is 9.80 Å². The van der Waals surface area contributed by atoms with E-state index in [1.165, 1.54) is 0 Å². The van der Waals surface area contributed by atoms with Crippen molar-refractivity contribution in [2.45, 2.75) is 71.6 Å². The van der Waals surface area contributed by atoms with Crippen LogP contribution in [0.1, 0.15) is 51.7 Å². The molecule has 0 aromatic heterocycles. The van der Waals surface area contributed by atoms with Crippen LogP contribution < -0.4 is 19.1 Å². The molecule has 5 rings (SSSR count). The number of likely N-dealkylation sites (tertiary alicyclic amines) is 1. The molecule has 44 heavy (non-hydrogen) atoms. The Morgan fingerprint density at radius 1 is 1.05 bits per heavy atom. The Hall–Kier alpha value is -3.57. The number of piperidine rings is 1. The maximum Gasteiger partial charge on any atom is 0.410 e. The van der Waals surface area contributed by atoms with Crippen molar-refractivity contribution in [3.8, 4) is 17.2 Å². The van der Waals surface area contributed by atoms with Gasteiger partial charge in [-0.15, -0.1) is 0 Å². The zero-order valence-corrected chi connectivity index (χ0v) is 26.2. The molecule has 0 spiro atoms. The Balaban J connectivity index is 1.25. The van der Waals surface area contributed by atoms with Gasteiger partial charge in [0.25, 0.3) is 0 Å². The van der Waals surface area contributed by atoms with Crippen LogP contribution in [0.3, 0.4) is 0 Å². The molecule has 1 amide bonds. The number of hydrogen-bond acceptors (Lipinski definition) is 8. The number of methoxy groups -OCH3 is 1. The average molecular weight is 616 g/mol. The summed E-state index contributed by atoms with van der Waals surface area (Å²) in [6, 6.07) is 10.9. The van der Waals surface area contributed by atoms with E-state index in [9.17, 15) is 13.6 Å². The van der Waals surface area contributed by atoms with Crippen LogP contribution in [-0.4, -0.2) is 86.9 Å². The number of fused-ring (bicyclic) bond motifs is 2. The number of anilines is 1. The molecule has 0 radical (unpaired) electrons. The second kappa shape index (κ2) is 13.6. The summed E-state index contributed by atoms with van der Waals surface area (Å²) in [6.07, 6.45) is 2.97. The van der Waals surface area contributed by atoms with Gasteiger partial charge in [0.2, 0.25) is 0 Å². The minimum atomic E-state index is -2.89. The second-order valence-electron chi connectivity index (χ2n) is 12.4. The van der Waals surface area contributed by atoms with Gasteiger partial charge in [-0.3, -0.25) is 0 Å². The molecule has 2 aromatic carbocycles. The maximum absolute atomic E-state index is 13.4. The van der Waals surface area contributed by atoms with E-state index in [1.54, 1.807) is 19.2 Å². The predicted molar refractivity (Wildman–Crippen MR) is 164 cm³/mol. The molecule has 11 heteroatoms. The number of hydrogen-bond donors (Lipinski definition) is 0. The van der Waals surface area contributed by atoms with E-state index in [-0.39, 0.29) is 24.1 Å². The quantitative estimate of drug-likeness (QED) is 0.333. The minimum absolute atomic E-state index is 0.0105. The normalized spacial score (nSPS) is 19.0. The van der Waals surface area contributed by atoms with Crippen molar-refractivity contribution in [2.24, 2.45) is 0 Å². The fraction of sp³-hybridized carbons (Fsp3) is 0.545. The van der Waals surface area contributed by atoms with Crippen molar-refractivity contribution in [2.75, 3.05) is 51.4 Å². The van der Waals surface area contributed by atoms with Crippen molar-refractivity contribution < 1.29 is 37.3 Å². The number of amides is 1. The molecule has 9 nitrogen and oxygen atoms in total. The van der Waals surface area contributed by atoms with Crippen LogP contribution in [0.15, 0.2) is 42.5 Å². The van der Waals surface area contributed by atoms with Crippen molar-refractivity contribution in [3.05, 3.63) is 53.6 Å². The van der Waals surface area contributed by atoms with E-state index >= 15 is 0 Å². The van der Waals surface area contributed by atoms with E-state index in [4.69, 9.17) is 23.7 Å². The standard InChI is InChI=1S/C33H43F2N3O6/c1-22-18-30(40-5)37(27-20-25(43-31(34)35)7-8-26(22)27)15-14-36-12-10-24(11-13-36)38(32(39)44-33(2,3)4)21-23-6-9-28-29(19-23)42-17-16-41-28/h6-9,18-20,24,30-31H,10-17,21H2,1-5H3. The topological polar surface area (TPSA) is 72.9 Å². The molecular weight excluding hydrogens is 572 g/mol. The summed E-state index contributed by atoms with van der Waals surface area (Å²) >= 11 is 0. The summed E-state index contributed by atoms with van der Waals surface area (Å²) in [6.45, 7) is 9.12. The first-order valence-corrected chi connectivity index (χ1v) is 15.2. The van der Waals surface area contributed by atoms with E-state index in [1.807, 2.05) is 62.9 Å². The van der Waals surface area contributed by atoms with Gasteiger partial charge in [0.05, 0.1) is 5.69 Å². The van der Waals surface area contributed by atoms with E-state index in [0.29, 0.717) is 37.8 Å². The summed E-state index contributed by atoms with van der Waals surface area (Å²) in [7, 11) is 1.64. The summed E-state index contributed by atoms with van der Waals surface area (Å²) in [5.41, 5.74) is 3.13. The van der Waals surface area contributed by atoms with Gasteiger partial charge < -0.3 is 38.4 Å². The van der Waals surface area contributed by atoms with Gasteiger partial charge in [0.15, 0.2) is 11.5 Å². The summed E-state index contributed by atoms with van der Waals surface area (Å²) in [5, 5.41) is 0. The van der Waals surface area contributed by atoms with Crippen LogP contribution in [0, 0.1) is 0 Å². The third-order valence-electron chi connectivity index (χ3n) is 8.11. The van der Waals surface area contributed by atoms with Crippen LogP contribution in [0.5, 0.6) is 17.2 Å². The third kappa shape index (κ3) is 7.74. The van der Waals surface area contributed by atoms with Gasteiger partial charge in [-0.2, -0.15) is 8.78 Å². The van der Waals surface area contributed by atoms with Gasteiger partial charge in [-0.25, -0.2) is 4.79 Å². The van der Waals surface area contributed by atoms with Crippen molar-refractivity contribution >= 4 is 17.4 Å². The molecule has 0 bridgehead atoms. The molecule has 3 aliphatic rings. The fourth-order valence-electron chi connectivity index (χ4n) is 5.98. The highest BCUT2D eigenvalue weighted by Gasteiger charge is 2.33. The van der Waals surface area contributed by atoms with E-state index in [2.05, 4.69) is 9.80 Å². The molecule has 3 aliphatic heterocycles. The molecule has 240 valence electrons. The first-order chi connectivity index (χ1) is 21.0. The first kappa shape index (κ1) is 31.8. The molecule has 0 saturated carbocycles. The number of rotatable bonds is 9. The predicted octanol–water partition coefficient (Wildman–Crippen LogP) is 6.16. The number of ether oxygens (including phenoxy) is 5. The van der Waals surface area contributed by atoms with Crippen LogP contribution in [0.2, 0.25) is 0 Å². The molecule has 1 unspecified atom stereocenters. The van der Waals surface area contributed by atoms with Crippen molar-refractivity contribution in [3.63, 3.8) is 0 Å². The molecule has 1 fully saturated rings. The average Bonchev–Trinajstić information content (AvgIpc) is 2.98. The molecule has 1 saturated heterocycles. The highest BCUT2D eigenvalue weighted by atomic mass is 19.3. The monoisotopic (exact) mass is 615 g/mol. The lowest BCUT2D eigenvalue weighted by Gasteiger charge is -2.41. The smallest absolute Gasteiger partial charge is 0.410 e. The number of alkyl halides is 2. The van der Waals surface area contributed by atoms with Gasteiger partial charge in [-0.05, 0) is 82.0 Å². The Labute approximate surface area is 258 Å². The molecule has 1 atom stereocenters. The SMILES string of the molecule is COC1C=C(C)c2ccc(OC(F)F)cc2N1CCN1CCC(N(Cc2ccc3c(c2)OCCO3)C(=O)OC(C)(C)C)CC1. The summed E-state index contributed by atoms with van der Waals surface area (Å²) < 4.78 is 53.6. The summed E-state index contributed by atoms with van der Waals surface area (Å²) in [4.78, 5) is 19.7. The Morgan fingerprint density at radius 3 is 2.45 bits per heavy atom.